The van der Waals surface area contributed by atoms with Crippen LogP contribution in [-0.4, -0.2) is 65.2 Å². The molecule has 1 spiro atoms. The van der Waals surface area contributed by atoms with Gasteiger partial charge in [-0.1, -0.05) is 24.6 Å². The maximum atomic E-state index is 13.2. The monoisotopic (exact) mass is 614 g/mol. The lowest BCUT2D eigenvalue weighted by molar-refractivity contribution is -0.139. The molecule has 2 aliphatic carbocycles. The Kier molecular flexibility index (Phi) is 7.44. The molecule has 226 valence electrons. The van der Waals surface area contributed by atoms with Crippen LogP contribution in [0.3, 0.4) is 0 Å². The first-order chi connectivity index (χ1) is 20.2. The van der Waals surface area contributed by atoms with Crippen molar-refractivity contribution in [2.45, 2.75) is 63.1 Å². The minimum atomic E-state index is -3.87. The number of amides is 1. The number of sulfonamides is 1. The predicted molar refractivity (Wildman–Crippen MR) is 161 cm³/mol. The average Bonchev–Trinajstić information content (AvgIpc) is 3.09. The van der Waals surface area contributed by atoms with E-state index in [1.165, 1.54) is 11.1 Å². The lowest BCUT2D eigenvalue weighted by Crippen LogP contribution is -2.51. The van der Waals surface area contributed by atoms with Gasteiger partial charge in [0.25, 0.3) is 5.91 Å². The molecule has 2 fully saturated rings. The Balaban J connectivity index is 1.28. The Morgan fingerprint density at radius 1 is 1.10 bits per heavy atom. The highest BCUT2D eigenvalue weighted by Crippen LogP contribution is 2.47. The molecule has 8 nitrogen and oxygen atoms in total. The number of hydrogen-bond acceptors (Lipinski definition) is 7. The second kappa shape index (κ2) is 11.0. The Bertz CT molecular complexity index is 1480. The summed E-state index contributed by atoms with van der Waals surface area (Å²) >= 11 is 6.41. The van der Waals surface area contributed by atoms with Crippen molar-refractivity contribution in [3.05, 3.63) is 58.1 Å². The molecule has 2 aromatic carbocycles. The van der Waals surface area contributed by atoms with Crippen LogP contribution in [0.25, 0.3) is 0 Å². The molecule has 5 aliphatic rings. The van der Waals surface area contributed by atoms with Crippen molar-refractivity contribution in [2.24, 2.45) is 17.8 Å². The van der Waals surface area contributed by atoms with Crippen LogP contribution in [0.4, 0.5) is 5.69 Å². The molecule has 0 unspecified atom stereocenters. The zero-order chi connectivity index (χ0) is 29.1. The van der Waals surface area contributed by atoms with Gasteiger partial charge in [-0.05, 0) is 85.4 Å². The van der Waals surface area contributed by atoms with Crippen LogP contribution < -0.4 is 14.4 Å². The molecule has 6 atom stereocenters. The molecule has 1 saturated carbocycles. The van der Waals surface area contributed by atoms with E-state index < -0.39 is 15.9 Å². The number of benzene rings is 2. The number of rotatable bonds is 0. The second-order valence-electron chi connectivity index (χ2n) is 13.0. The fraction of sp³-hybridized carbons (Fsp3) is 0.594. The minimum absolute atomic E-state index is 0.0407. The Labute approximate surface area is 253 Å². The maximum Gasteiger partial charge on any atom is 0.264 e. The van der Waals surface area contributed by atoms with E-state index in [1.54, 1.807) is 12.1 Å². The summed E-state index contributed by atoms with van der Waals surface area (Å²) in [5, 5.41) is 0.751. The van der Waals surface area contributed by atoms with Gasteiger partial charge in [-0.25, -0.2) is 13.1 Å². The molecule has 4 bridgehead atoms. The van der Waals surface area contributed by atoms with E-state index in [2.05, 4.69) is 28.7 Å². The van der Waals surface area contributed by atoms with E-state index in [1.807, 2.05) is 12.1 Å². The van der Waals surface area contributed by atoms with Gasteiger partial charge in [-0.3, -0.25) is 4.79 Å². The van der Waals surface area contributed by atoms with Crippen molar-refractivity contribution in [1.29, 1.82) is 0 Å². The Hall–Kier alpha value is -2.33. The number of carbonyl (C=O) groups excluding carboxylic acids is 1. The molecule has 42 heavy (non-hydrogen) atoms. The topological polar surface area (TPSA) is 94.2 Å². The number of aryl methyl sites for hydroxylation is 1. The summed E-state index contributed by atoms with van der Waals surface area (Å²) in [6.07, 6.45) is 6.05. The highest BCUT2D eigenvalue weighted by Gasteiger charge is 2.46. The van der Waals surface area contributed by atoms with Gasteiger partial charge in [-0.15, -0.1) is 0 Å². The number of anilines is 1. The molecule has 2 aromatic rings. The first kappa shape index (κ1) is 28.4. The third-order valence-electron chi connectivity index (χ3n) is 10.3. The van der Waals surface area contributed by atoms with Crippen LogP contribution >= 0.6 is 11.6 Å². The zero-order valence-electron chi connectivity index (χ0n) is 24.0. The zero-order valence-corrected chi connectivity index (χ0v) is 25.6. The SMILES string of the molecule is C[C@H]1CO[C@@H]2C[C@@H]1OCCS(=O)(=O)NC(=O)c1ccc3c(c1)N(C[C@@H]1CC[C@H]12)C[C@@]1(CCCc2cc(Cl)ccc21)CO3. The number of carbonyl (C=O) groups is 1. The van der Waals surface area contributed by atoms with Gasteiger partial charge in [0.15, 0.2) is 0 Å². The lowest BCUT2D eigenvalue weighted by atomic mass is 9.67. The van der Waals surface area contributed by atoms with Crippen molar-refractivity contribution in [1.82, 2.24) is 4.72 Å². The summed E-state index contributed by atoms with van der Waals surface area (Å²) in [4.78, 5) is 15.6. The molecule has 7 rings (SSSR count). The fourth-order valence-electron chi connectivity index (χ4n) is 7.85. The molecule has 0 radical (unpaired) electrons. The van der Waals surface area contributed by atoms with Crippen molar-refractivity contribution in [2.75, 3.05) is 43.6 Å². The van der Waals surface area contributed by atoms with Crippen molar-refractivity contribution < 1.29 is 27.4 Å². The molecular weight excluding hydrogens is 576 g/mol. The second-order valence-corrected chi connectivity index (χ2v) is 15.3. The minimum Gasteiger partial charge on any atom is -0.490 e. The van der Waals surface area contributed by atoms with Crippen LogP contribution in [0.15, 0.2) is 36.4 Å². The first-order valence-electron chi connectivity index (χ1n) is 15.3. The molecular formula is C32H39ClN2O6S. The van der Waals surface area contributed by atoms with Crippen LogP contribution in [0, 0.1) is 17.8 Å². The van der Waals surface area contributed by atoms with Crippen molar-refractivity contribution in [3.63, 3.8) is 0 Å². The van der Waals surface area contributed by atoms with E-state index in [-0.39, 0.29) is 35.9 Å². The van der Waals surface area contributed by atoms with Gasteiger partial charge < -0.3 is 19.1 Å². The fourth-order valence-corrected chi connectivity index (χ4v) is 8.87. The number of nitrogens with zero attached hydrogens (tertiary/aromatic N) is 1. The summed E-state index contributed by atoms with van der Waals surface area (Å²) in [7, 11) is -3.87. The van der Waals surface area contributed by atoms with Crippen LogP contribution in [0.5, 0.6) is 5.75 Å². The molecule has 1 saturated heterocycles. The largest absolute Gasteiger partial charge is 0.490 e. The number of ether oxygens (including phenoxy) is 3. The average molecular weight is 615 g/mol. The van der Waals surface area contributed by atoms with Crippen LogP contribution in [0.2, 0.25) is 5.02 Å². The third-order valence-corrected chi connectivity index (χ3v) is 11.7. The maximum absolute atomic E-state index is 13.2. The van der Waals surface area contributed by atoms with Gasteiger partial charge in [0.05, 0.1) is 43.5 Å². The third kappa shape index (κ3) is 5.31. The van der Waals surface area contributed by atoms with Crippen molar-refractivity contribution >= 4 is 33.2 Å². The summed E-state index contributed by atoms with van der Waals surface area (Å²) < 4.78 is 47.0. The standard InChI is InChI=1S/C32H39ClN2O6S/c1-20-17-40-30-15-29(20)39-11-12-42(37,38)34-31(36)22-5-9-28-27(14-22)35(16-23-4-7-25(23)30)18-32(19-41-28)10-2-3-21-13-24(33)6-8-26(21)32/h5-6,8-9,13-14,20,23,25,29-30H,2-4,7,10-12,15-19H2,1H3,(H,34,36)/t20-,23-,25+,29-,30+,32-/m0/s1. The van der Waals surface area contributed by atoms with Gasteiger partial charge in [-0.2, -0.15) is 0 Å². The lowest BCUT2D eigenvalue weighted by Gasteiger charge is -2.48. The van der Waals surface area contributed by atoms with Gasteiger partial charge >= 0.3 is 0 Å². The van der Waals surface area contributed by atoms with E-state index in [4.69, 9.17) is 25.8 Å². The molecule has 1 N–H and O–H groups in total. The molecule has 3 aliphatic heterocycles. The Morgan fingerprint density at radius 2 is 1.98 bits per heavy atom. The van der Waals surface area contributed by atoms with E-state index in [0.717, 1.165) is 68.1 Å². The molecule has 0 aromatic heterocycles. The van der Waals surface area contributed by atoms with E-state index in [0.29, 0.717) is 30.6 Å². The quantitative estimate of drug-likeness (QED) is 0.459. The van der Waals surface area contributed by atoms with Crippen LogP contribution in [0.1, 0.15) is 60.5 Å². The number of fused-ring (bicyclic) bond motifs is 7. The normalized spacial score (nSPS) is 34.2. The van der Waals surface area contributed by atoms with Gasteiger partial charge in [0.2, 0.25) is 10.0 Å². The summed E-state index contributed by atoms with van der Waals surface area (Å²) in [6.45, 7) is 4.83. The van der Waals surface area contributed by atoms with Crippen LogP contribution in [-0.2, 0) is 31.3 Å². The molecule has 1 amide bonds. The number of nitrogens with one attached hydrogen (secondary N) is 1. The highest BCUT2D eigenvalue weighted by atomic mass is 35.5. The molecule has 10 heteroatoms. The van der Waals surface area contributed by atoms with Gasteiger partial charge in [0, 0.05) is 41.4 Å². The number of hydrogen-bond donors (Lipinski definition) is 1. The highest BCUT2D eigenvalue weighted by molar-refractivity contribution is 7.90. The Morgan fingerprint density at radius 3 is 2.81 bits per heavy atom. The molecule has 3 heterocycles. The van der Waals surface area contributed by atoms with E-state index >= 15 is 0 Å². The first-order valence-corrected chi connectivity index (χ1v) is 17.3. The van der Waals surface area contributed by atoms with E-state index in [9.17, 15) is 13.2 Å². The summed E-state index contributed by atoms with van der Waals surface area (Å²) in [6, 6.07) is 11.5. The smallest absolute Gasteiger partial charge is 0.264 e. The predicted octanol–water partition coefficient (Wildman–Crippen LogP) is 4.72. The van der Waals surface area contributed by atoms with Crippen molar-refractivity contribution in [3.8, 4) is 5.75 Å². The number of halogens is 1. The van der Waals surface area contributed by atoms with Gasteiger partial charge in [0.1, 0.15) is 5.75 Å². The summed E-state index contributed by atoms with van der Waals surface area (Å²) in [5.74, 6) is 0.841. The summed E-state index contributed by atoms with van der Waals surface area (Å²) in [5.41, 5.74) is 3.48.